The third-order valence-electron chi connectivity index (χ3n) is 6.83. The van der Waals surface area contributed by atoms with Gasteiger partial charge in [-0.1, -0.05) is 54.6 Å². The monoisotopic (exact) mass is 514 g/mol. The van der Waals surface area contributed by atoms with Crippen LogP contribution in [0.15, 0.2) is 84.9 Å². The van der Waals surface area contributed by atoms with Gasteiger partial charge in [-0.25, -0.2) is 9.18 Å². The second kappa shape index (κ2) is 11.5. The first-order chi connectivity index (χ1) is 18.5. The van der Waals surface area contributed by atoms with Gasteiger partial charge in [-0.15, -0.1) is 0 Å². The summed E-state index contributed by atoms with van der Waals surface area (Å²) in [5.74, 6) is -0.0851. The minimum atomic E-state index is -0.459. The van der Waals surface area contributed by atoms with E-state index in [0.717, 1.165) is 5.69 Å². The summed E-state index contributed by atoms with van der Waals surface area (Å²) in [6, 6.07) is 27.2. The molecule has 38 heavy (non-hydrogen) atoms. The summed E-state index contributed by atoms with van der Waals surface area (Å²) < 4.78 is 31.2. The Morgan fingerprint density at radius 2 is 1.87 bits per heavy atom. The number of nitrogens with one attached hydrogen (secondary N) is 1. The first-order valence-electron chi connectivity index (χ1n) is 12.8. The van der Waals surface area contributed by atoms with Crippen molar-refractivity contribution in [3.05, 3.63) is 96.3 Å². The van der Waals surface area contributed by atoms with E-state index in [1.807, 2.05) is 35.2 Å². The van der Waals surface area contributed by atoms with Crippen molar-refractivity contribution in [2.45, 2.75) is 25.5 Å². The zero-order valence-electron chi connectivity index (χ0n) is 21.5. The highest BCUT2D eigenvalue weighted by atomic mass is 19.1. The van der Waals surface area contributed by atoms with Crippen LogP contribution in [0.4, 0.5) is 15.8 Å². The van der Waals surface area contributed by atoms with Crippen LogP contribution in [0.5, 0.6) is 11.5 Å². The molecule has 0 saturated carbocycles. The van der Waals surface area contributed by atoms with Gasteiger partial charge in [0, 0.05) is 17.8 Å². The van der Waals surface area contributed by atoms with E-state index in [-0.39, 0.29) is 24.5 Å². The maximum atomic E-state index is 14.8. The predicted molar refractivity (Wildman–Crippen MR) is 147 cm³/mol. The summed E-state index contributed by atoms with van der Waals surface area (Å²) in [6.45, 7) is 3.22. The van der Waals surface area contributed by atoms with Crippen LogP contribution < -0.4 is 19.7 Å². The largest absolute Gasteiger partial charge is 0.483 e. The summed E-state index contributed by atoms with van der Waals surface area (Å²) in [5.41, 5.74) is 2.72. The van der Waals surface area contributed by atoms with E-state index in [1.54, 1.807) is 12.1 Å². The second-order valence-electron chi connectivity index (χ2n) is 9.33. The van der Waals surface area contributed by atoms with Crippen molar-refractivity contribution in [2.75, 3.05) is 31.7 Å². The Labute approximate surface area is 221 Å². The molecule has 0 aromatic heterocycles. The number of carbonyl (C=O) groups excluding carboxylic acids is 1. The molecule has 2 atom stereocenters. The fraction of sp³-hybridized carbons (Fsp3) is 0.258. The van der Waals surface area contributed by atoms with E-state index in [0.29, 0.717) is 30.9 Å². The molecule has 1 aliphatic rings. The predicted octanol–water partition coefficient (Wildman–Crippen LogP) is 6.17. The van der Waals surface area contributed by atoms with Gasteiger partial charge in [0.05, 0.1) is 19.3 Å². The van der Waals surface area contributed by atoms with Crippen molar-refractivity contribution < 1.29 is 23.4 Å². The van der Waals surface area contributed by atoms with Crippen molar-refractivity contribution in [2.24, 2.45) is 0 Å². The lowest BCUT2D eigenvalue weighted by Gasteiger charge is -2.36. The standard InChI is InChI=1S/C31H31FN2O4/c1-21(26-13-5-9-22-8-3-4-12-27(22)26)33-17-16-25-19-34(29-15-7-14-28(32)31(29)38-25)23-10-6-11-24(18-23)37-20-30(35)36-2/h3-15,18,21,25,33H,16-17,19-20H2,1-2H3/t21-,25?/m1/s1. The number of nitrogens with zero attached hydrogens (tertiary/aromatic N) is 1. The molecule has 196 valence electrons. The van der Waals surface area contributed by atoms with Crippen molar-refractivity contribution in [1.29, 1.82) is 0 Å². The van der Waals surface area contributed by atoms with Crippen LogP contribution in [0.2, 0.25) is 0 Å². The number of benzene rings is 4. The third kappa shape index (κ3) is 5.58. The third-order valence-corrected chi connectivity index (χ3v) is 6.83. The maximum absolute atomic E-state index is 14.8. The molecule has 0 radical (unpaired) electrons. The average Bonchev–Trinajstić information content (AvgIpc) is 2.95. The molecule has 0 amide bonds. The summed E-state index contributed by atoms with van der Waals surface area (Å²) >= 11 is 0. The number of para-hydroxylation sites is 1. The minimum absolute atomic E-state index is 0.147. The molecule has 1 aliphatic heterocycles. The van der Waals surface area contributed by atoms with E-state index in [4.69, 9.17) is 9.47 Å². The highest BCUT2D eigenvalue weighted by Gasteiger charge is 2.29. The molecular formula is C31H31FN2O4. The van der Waals surface area contributed by atoms with Crippen LogP contribution in [0.3, 0.4) is 0 Å². The van der Waals surface area contributed by atoms with Crippen LogP contribution in [-0.4, -0.2) is 38.9 Å². The molecule has 0 saturated heterocycles. The molecular weight excluding hydrogens is 483 g/mol. The van der Waals surface area contributed by atoms with Gasteiger partial charge < -0.3 is 24.4 Å². The van der Waals surface area contributed by atoms with Gasteiger partial charge in [-0.3, -0.25) is 0 Å². The lowest BCUT2D eigenvalue weighted by Crippen LogP contribution is -2.39. The van der Waals surface area contributed by atoms with Crippen LogP contribution in [0.25, 0.3) is 10.8 Å². The quantitative estimate of drug-likeness (QED) is 0.270. The number of methoxy groups -OCH3 is 1. The molecule has 0 spiro atoms. The van der Waals surface area contributed by atoms with Gasteiger partial charge >= 0.3 is 5.97 Å². The number of halogens is 1. The smallest absolute Gasteiger partial charge is 0.343 e. The van der Waals surface area contributed by atoms with Crippen molar-refractivity contribution in [3.63, 3.8) is 0 Å². The van der Waals surface area contributed by atoms with Gasteiger partial charge in [0.1, 0.15) is 11.9 Å². The van der Waals surface area contributed by atoms with Crippen molar-refractivity contribution in [1.82, 2.24) is 5.32 Å². The van der Waals surface area contributed by atoms with E-state index in [2.05, 4.69) is 53.4 Å². The lowest BCUT2D eigenvalue weighted by molar-refractivity contribution is -0.142. The second-order valence-corrected chi connectivity index (χ2v) is 9.33. The number of carbonyl (C=O) groups is 1. The Morgan fingerprint density at radius 3 is 2.74 bits per heavy atom. The van der Waals surface area contributed by atoms with E-state index in [9.17, 15) is 9.18 Å². The molecule has 6 nitrogen and oxygen atoms in total. The highest BCUT2D eigenvalue weighted by molar-refractivity contribution is 5.86. The molecule has 1 heterocycles. The molecule has 4 aromatic rings. The van der Waals surface area contributed by atoms with E-state index >= 15 is 0 Å². The summed E-state index contributed by atoms with van der Waals surface area (Å²) in [7, 11) is 1.32. The molecule has 5 rings (SSSR count). The summed E-state index contributed by atoms with van der Waals surface area (Å²) in [6.07, 6.45) is 0.462. The highest BCUT2D eigenvalue weighted by Crippen LogP contribution is 2.41. The fourth-order valence-corrected chi connectivity index (χ4v) is 4.87. The summed E-state index contributed by atoms with van der Waals surface area (Å²) in [4.78, 5) is 13.5. The normalized spacial score (nSPS) is 15.4. The number of fused-ring (bicyclic) bond motifs is 2. The fourth-order valence-electron chi connectivity index (χ4n) is 4.87. The SMILES string of the molecule is COC(=O)COc1cccc(N2CC(CCN[C@H](C)c3cccc4ccccc34)Oc3c(F)cccc32)c1. The van der Waals surface area contributed by atoms with Gasteiger partial charge in [0.15, 0.2) is 18.2 Å². The molecule has 0 bridgehead atoms. The van der Waals surface area contributed by atoms with Gasteiger partial charge in [-0.2, -0.15) is 0 Å². The number of ether oxygens (including phenoxy) is 3. The van der Waals surface area contributed by atoms with Crippen molar-refractivity contribution in [3.8, 4) is 11.5 Å². The maximum Gasteiger partial charge on any atom is 0.343 e. The Hall–Kier alpha value is -4.10. The first kappa shape index (κ1) is 25.5. The number of hydrogen-bond donors (Lipinski definition) is 1. The van der Waals surface area contributed by atoms with E-state index in [1.165, 1.54) is 29.5 Å². The van der Waals surface area contributed by atoms with E-state index < -0.39 is 11.8 Å². The number of hydrogen-bond acceptors (Lipinski definition) is 6. The van der Waals surface area contributed by atoms with Gasteiger partial charge in [0.2, 0.25) is 0 Å². The van der Waals surface area contributed by atoms with Crippen molar-refractivity contribution >= 4 is 28.1 Å². The summed E-state index contributed by atoms with van der Waals surface area (Å²) in [5, 5.41) is 6.07. The van der Waals surface area contributed by atoms with Gasteiger partial charge in [0.25, 0.3) is 0 Å². The van der Waals surface area contributed by atoms with Crippen LogP contribution >= 0.6 is 0 Å². The lowest BCUT2D eigenvalue weighted by atomic mass is 9.99. The first-order valence-corrected chi connectivity index (χ1v) is 12.8. The Kier molecular flexibility index (Phi) is 7.75. The molecule has 0 fully saturated rings. The number of anilines is 2. The van der Waals surface area contributed by atoms with Crippen LogP contribution in [-0.2, 0) is 9.53 Å². The Bertz CT molecular complexity index is 1420. The molecule has 0 aliphatic carbocycles. The van der Waals surface area contributed by atoms with Crippen LogP contribution in [0, 0.1) is 5.82 Å². The molecule has 7 heteroatoms. The van der Waals surface area contributed by atoms with Gasteiger partial charge in [-0.05, 0) is 60.5 Å². The van der Waals surface area contributed by atoms with Crippen LogP contribution in [0.1, 0.15) is 24.9 Å². The number of rotatable bonds is 9. The average molecular weight is 515 g/mol. The Balaban J connectivity index is 1.30. The number of esters is 1. The molecule has 1 N–H and O–H groups in total. The molecule has 4 aromatic carbocycles. The topological polar surface area (TPSA) is 60.0 Å². The minimum Gasteiger partial charge on any atom is -0.483 e. The molecule has 1 unspecified atom stereocenters. The Morgan fingerprint density at radius 1 is 1.08 bits per heavy atom. The zero-order chi connectivity index (χ0) is 26.5. The zero-order valence-corrected chi connectivity index (χ0v) is 21.5.